The molecule has 1 N–H and O–H groups in total. The zero-order chi connectivity index (χ0) is 9.26. The van der Waals surface area contributed by atoms with E-state index in [1.54, 1.807) is 4.68 Å². The second-order valence-electron chi connectivity index (χ2n) is 3.37. The van der Waals surface area contributed by atoms with Gasteiger partial charge in [-0.25, -0.2) is 4.98 Å². The summed E-state index contributed by atoms with van der Waals surface area (Å²) in [5, 5.41) is 13.5. The minimum Gasteiger partial charge on any atom is -0.390 e. The number of ether oxygens (including phenoxy) is 1. The molecule has 5 heteroatoms. The van der Waals surface area contributed by atoms with E-state index in [0.29, 0.717) is 13.2 Å². The zero-order valence-corrected chi connectivity index (χ0v) is 7.55. The molecule has 72 valence electrons. The summed E-state index contributed by atoms with van der Waals surface area (Å²) in [5.74, 6) is 1.07. The first-order valence-electron chi connectivity index (χ1n) is 4.36. The average molecular weight is 183 g/mol. The molecule has 5 nitrogen and oxygen atoms in total. The fourth-order valence-corrected chi connectivity index (χ4v) is 1.52. The lowest BCUT2D eigenvalue weighted by Crippen LogP contribution is -2.21. The number of aliphatic hydroxyl groups is 1. The van der Waals surface area contributed by atoms with Gasteiger partial charge in [0.05, 0.1) is 19.3 Å². The van der Waals surface area contributed by atoms with Gasteiger partial charge in [0.25, 0.3) is 0 Å². The molecule has 1 aliphatic rings. The number of hydrogen-bond donors (Lipinski definition) is 1. The van der Waals surface area contributed by atoms with Crippen LogP contribution in [-0.2, 0) is 18.2 Å². The monoisotopic (exact) mass is 183 g/mol. The van der Waals surface area contributed by atoms with E-state index in [1.807, 2.05) is 7.05 Å². The van der Waals surface area contributed by atoms with E-state index in [0.717, 1.165) is 12.2 Å². The molecule has 13 heavy (non-hydrogen) atoms. The summed E-state index contributed by atoms with van der Waals surface area (Å²) in [6, 6.07) is 0. The summed E-state index contributed by atoms with van der Waals surface area (Å²) in [6.07, 6.45) is 1.91. The van der Waals surface area contributed by atoms with Gasteiger partial charge in [0.1, 0.15) is 12.2 Å². The van der Waals surface area contributed by atoms with Crippen molar-refractivity contribution in [1.29, 1.82) is 0 Å². The number of aryl methyl sites for hydroxylation is 1. The highest BCUT2D eigenvalue weighted by Gasteiger charge is 2.27. The summed E-state index contributed by atoms with van der Waals surface area (Å²) in [4.78, 5) is 4.10. The molecule has 2 atom stereocenters. The summed E-state index contributed by atoms with van der Waals surface area (Å²) >= 11 is 0. The molecule has 1 fully saturated rings. The molecule has 0 amide bonds. The topological polar surface area (TPSA) is 60.2 Å². The molecule has 2 rings (SSSR count). The van der Waals surface area contributed by atoms with Gasteiger partial charge >= 0.3 is 0 Å². The maximum atomic E-state index is 9.50. The standard InChI is InChI=1S/C8H13N3O2/c1-11-8(9-5-10-11)2-6-3-13-4-7(6)12/h5-7,12H,2-4H2,1H3. The predicted octanol–water partition coefficient (Wildman–Crippen LogP) is -0.635. The molecule has 2 unspecified atom stereocenters. The quantitative estimate of drug-likeness (QED) is 0.663. The smallest absolute Gasteiger partial charge is 0.138 e. The van der Waals surface area contributed by atoms with E-state index in [-0.39, 0.29) is 12.0 Å². The third kappa shape index (κ3) is 1.71. The Hall–Kier alpha value is -0.940. The van der Waals surface area contributed by atoms with Gasteiger partial charge in [-0.15, -0.1) is 0 Å². The molecular formula is C8H13N3O2. The number of rotatable bonds is 2. The fourth-order valence-electron chi connectivity index (χ4n) is 1.52. The molecule has 1 saturated heterocycles. The predicted molar refractivity (Wildman–Crippen MR) is 45.0 cm³/mol. The first-order chi connectivity index (χ1) is 6.27. The lowest BCUT2D eigenvalue weighted by molar-refractivity contribution is 0.118. The van der Waals surface area contributed by atoms with Crippen LogP contribution in [0.2, 0.25) is 0 Å². The second kappa shape index (κ2) is 3.43. The molecule has 0 bridgehead atoms. The molecule has 0 aromatic carbocycles. The molecule has 1 aliphatic heterocycles. The molecule has 0 aliphatic carbocycles. The largest absolute Gasteiger partial charge is 0.390 e. The van der Waals surface area contributed by atoms with E-state index in [4.69, 9.17) is 4.74 Å². The summed E-state index contributed by atoms with van der Waals surface area (Å²) in [5.41, 5.74) is 0. The van der Waals surface area contributed by atoms with E-state index in [1.165, 1.54) is 6.33 Å². The summed E-state index contributed by atoms with van der Waals surface area (Å²) < 4.78 is 6.88. The van der Waals surface area contributed by atoms with Crippen LogP contribution in [0.3, 0.4) is 0 Å². The highest BCUT2D eigenvalue weighted by atomic mass is 16.5. The minimum atomic E-state index is -0.350. The van der Waals surface area contributed by atoms with Crippen molar-refractivity contribution < 1.29 is 9.84 Å². The lowest BCUT2D eigenvalue weighted by atomic mass is 10.0. The third-order valence-corrected chi connectivity index (χ3v) is 2.41. The number of hydrogen-bond acceptors (Lipinski definition) is 4. The first-order valence-corrected chi connectivity index (χ1v) is 4.36. The Balaban J connectivity index is 2.01. The van der Waals surface area contributed by atoms with E-state index in [9.17, 15) is 5.11 Å². The van der Waals surface area contributed by atoms with Crippen molar-refractivity contribution in [3.8, 4) is 0 Å². The molecule has 0 radical (unpaired) electrons. The Labute approximate surface area is 76.3 Å². The fraction of sp³-hybridized carbons (Fsp3) is 0.750. The van der Waals surface area contributed by atoms with Crippen LogP contribution in [0.15, 0.2) is 6.33 Å². The van der Waals surface area contributed by atoms with Crippen molar-refractivity contribution in [3.05, 3.63) is 12.2 Å². The van der Waals surface area contributed by atoms with Crippen LogP contribution in [0.25, 0.3) is 0 Å². The number of aromatic nitrogens is 3. The molecule has 1 aromatic rings. The lowest BCUT2D eigenvalue weighted by Gasteiger charge is -2.10. The average Bonchev–Trinajstić information content (AvgIpc) is 2.65. The van der Waals surface area contributed by atoms with Gasteiger partial charge in [-0.1, -0.05) is 0 Å². The van der Waals surface area contributed by atoms with Crippen LogP contribution in [0.4, 0.5) is 0 Å². The normalized spacial score (nSPS) is 28.2. The van der Waals surface area contributed by atoms with Gasteiger partial charge in [-0.2, -0.15) is 5.10 Å². The maximum absolute atomic E-state index is 9.50. The van der Waals surface area contributed by atoms with Gasteiger partial charge in [0, 0.05) is 19.4 Å². The molecule has 0 spiro atoms. The summed E-state index contributed by atoms with van der Waals surface area (Å²) in [7, 11) is 1.85. The van der Waals surface area contributed by atoms with Gasteiger partial charge < -0.3 is 9.84 Å². The van der Waals surface area contributed by atoms with E-state index in [2.05, 4.69) is 10.1 Å². The Morgan fingerprint density at radius 1 is 1.69 bits per heavy atom. The number of nitrogens with zero attached hydrogens (tertiary/aromatic N) is 3. The van der Waals surface area contributed by atoms with Crippen molar-refractivity contribution in [2.45, 2.75) is 12.5 Å². The van der Waals surface area contributed by atoms with Crippen LogP contribution in [0, 0.1) is 5.92 Å². The van der Waals surface area contributed by atoms with Crippen molar-refractivity contribution in [1.82, 2.24) is 14.8 Å². The molecule has 2 heterocycles. The van der Waals surface area contributed by atoms with Crippen molar-refractivity contribution >= 4 is 0 Å². The van der Waals surface area contributed by atoms with Crippen LogP contribution in [0.5, 0.6) is 0 Å². The Morgan fingerprint density at radius 2 is 2.54 bits per heavy atom. The second-order valence-corrected chi connectivity index (χ2v) is 3.37. The SMILES string of the molecule is Cn1ncnc1CC1COCC1O. The highest BCUT2D eigenvalue weighted by molar-refractivity contribution is 4.90. The Kier molecular flexibility index (Phi) is 2.28. The van der Waals surface area contributed by atoms with Gasteiger partial charge in [0.15, 0.2) is 0 Å². The van der Waals surface area contributed by atoms with Gasteiger partial charge in [-0.3, -0.25) is 4.68 Å². The number of aliphatic hydroxyl groups excluding tert-OH is 1. The van der Waals surface area contributed by atoms with Crippen LogP contribution in [-0.4, -0.2) is 39.2 Å². The molecular weight excluding hydrogens is 170 g/mol. The van der Waals surface area contributed by atoms with E-state index >= 15 is 0 Å². The minimum absolute atomic E-state index is 0.169. The first kappa shape index (κ1) is 8.65. The molecule has 0 saturated carbocycles. The Morgan fingerprint density at radius 3 is 3.08 bits per heavy atom. The van der Waals surface area contributed by atoms with Crippen molar-refractivity contribution in [2.24, 2.45) is 13.0 Å². The molecule has 1 aromatic heterocycles. The maximum Gasteiger partial charge on any atom is 0.138 e. The zero-order valence-electron chi connectivity index (χ0n) is 7.55. The van der Waals surface area contributed by atoms with Gasteiger partial charge in [-0.05, 0) is 0 Å². The third-order valence-electron chi connectivity index (χ3n) is 2.41. The highest BCUT2D eigenvalue weighted by Crippen LogP contribution is 2.17. The van der Waals surface area contributed by atoms with Gasteiger partial charge in [0.2, 0.25) is 0 Å². The van der Waals surface area contributed by atoms with Crippen LogP contribution in [0.1, 0.15) is 5.82 Å². The van der Waals surface area contributed by atoms with Crippen LogP contribution < -0.4 is 0 Å². The summed E-state index contributed by atoms with van der Waals surface area (Å²) in [6.45, 7) is 1.07. The van der Waals surface area contributed by atoms with Crippen molar-refractivity contribution in [2.75, 3.05) is 13.2 Å². The van der Waals surface area contributed by atoms with Crippen molar-refractivity contribution in [3.63, 3.8) is 0 Å². The van der Waals surface area contributed by atoms with E-state index < -0.39 is 0 Å². The van der Waals surface area contributed by atoms with Crippen LogP contribution >= 0.6 is 0 Å². The Bertz CT molecular complexity index is 287.